The molecule has 0 bridgehead atoms. The largest absolute Gasteiger partial charge is 0.368 e. The topological polar surface area (TPSA) is 110 Å². The molecule has 1 atom stereocenters. The maximum Gasteiger partial charge on any atom is 0.239 e. The number of sulfonamides is 1. The zero-order valence-electron chi connectivity index (χ0n) is 13.9. The molecule has 2 rings (SSSR count). The molecule has 7 nitrogen and oxygen atoms in total. The summed E-state index contributed by atoms with van der Waals surface area (Å²) in [6, 6.07) is 6.00. The summed E-state index contributed by atoms with van der Waals surface area (Å²) in [7, 11) is -3.67. The first kappa shape index (κ1) is 20.7. The maximum atomic E-state index is 12.2. The summed E-state index contributed by atoms with van der Waals surface area (Å²) in [6.07, 6.45) is 0. The van der Waals surface area contributed by atoms with E-state index in [1.54, 1.807) is 17.0 Å². The first-order valence-electron chi connectivity index (χ1n) is 7.62. The molecule has 1 amide bonds. The fourth-order valence-corrected chi connectivity index (χ4v) is 3.04. The van der Waals surface area contributed by atoms with Crippen molar-refractivity contribution >= 4 is 34.0 Å². The molecule has 136 valence electrons. The van der Waals surface area contributed by atoms with E-state index in [0.717, 1.165) is 5.69 Å². The van der Waals surface area contributed by atoms with Crippen molar-refractivity contribution in [3.63, 3.8) is 0 Å². The number of rotatable bonds is 4. The molecule has 1 aromatic carbocycles. The van der Waals surface area contributed by atoms with Crippen LogP contribution in [0.25, 0.3) is 0 Å². The Morgan fingerprint density at radius 2 is 1.58 bits per heavy atom. The highest BCUT2D eigenvalue weighted by molar-refractivity contribution is 7.89. The summed E-state index contributed by atoms with van der Waals surface area (Å²) in [6.45, 7) is 6.46. The molecule has 0 aromatic heterocycles. The Bertz CT molecular complexity index is 656. The Balaban J connectivity index is 0.00000288. The van der Waals surface area contributed by atoms with Crippen LogP contribution in [-0.2, 0) is 14.8 Å². The van der Waals surface area contributed by atoms with Crippen molar-refractivity contribution in [2.24, 2.45) is 16.8 Å². The van der Waals surface area contributed by atoms with Crippen LogP contribution in [0.15, 0.2) is 29.2 Å². The smallest absolute Gasteiger partial charge is 0.239 e. The summed E-state index contributed by atoms with van der Waals surface area (Å²) in [5, 5.41) is 5.09. The van der Waals surface area contributed by atoms with Crippen LogP contribution in [0.1, 0.15) is 13.8 Å². The monoisotopic (exact) mass is 376 g/mol. The predicted octanol–water partition coefficient (Wildman–Crippen LogP) is 0.388. The number of nitrogens with zero attached hydrogens (tertiary/aromatic N) is 2. The van der Waals surface area contributed by atoms with E-state index in [1.807, 2.05) is 13.8 Å². The highest BCUT2D eigenvalue weighted by Crippen LogP contribution is 2.19. The van der Waals surface area contributed by atoms with Crippen LogP contribution in [0.4, 0.5) is 5.69 Å². The molecule has 0 aliphatic carbocycles. The number of nitrogens with two attached hydrogens (primary N) is 2. The minimum absolute atomic E-state index is 0. The summed E-state index contributed by atoms with van der Waals surface area (Å²) < 4.78 is 22.5. The minimum atomic E-state index is -3.67. The van der Waals surface area contributed by atoms with Gasteiger partial charge in [0, 0.05) is 31.9 Å². The molecule has 1 fully saturated rings. The van der Waals surface area contributed by atoms with Crippen molar-refractivity contribution in [1.82, 2.24) is 4.90 Å². The Morgan fingerprint density at radius 3 is 2.00 bits per heavy atom. The molecule has 24 heavy (non-hydrogen) atoms. The van der Waals surface area contributed by atoms with Gasteiger partial charge < -0.3 is 15.5 Å². The van der Waals surface area contributed by atoms with E-state index in [9.17, 15) is 13.2 Å². The van der Waals surface area contributed by atoms with E-state index in [-0.39, 0.29) is 29.1 Å². The molecule has 1 aromatic rings. The number of halogens is 1. The Labute approximate surface area is 149 Å². The van der Waals surface area contributed by atoms with Gasteiger partial charge in [-0.05, 0) is 30.2 Å². The van der Waals surface area contributed by atoms with Gasteiger partial charge in [-0.2, -0.15) is 0 Å². The SMILES string of the molecule is CC(C)[C@H](N)C(=O)N1CCN(c2ccc(S(N)(=O)=O)cc2)CC1.Cl. The van der Waals surface area contributed by atoms with E-state index in [4.69, 9.17) is 10.9 Å². The van der Waals surface area contributed by atoms with Crippen molar-refractivity contribution in [3.8, 4) is 0 Å². The Morgan fingerprint density at radius 1 is 1.08 bits per heavy atom. The van der Waals surface area contributed by atoms with E-state index in [2.05, 4.69) is 4.90 Å². The number of carbonyl (C=O) groups is 1. The molecule has 0 unspecified atom stereocenters. The number of hydrogen-bond acceptors (Lipinski definition) is 5. The number of piperazine rings is 1. The number of anilines is 1. The van der Waals surface area contributed by atoms with E-state index >= 15 is 0 Å². The number of primary sulfonamides is 1. The normalized spacial score (nSPS) is 16.7. The lowest BCUT2D eigenvalue weighted by Gasteiger charge is -2.37. The number of benzene rings is 1. The molecule has 4 N–H and O–H groups in total. The molecule has 0 radical (unpaired) electrons. The van der Waals surface area contributed by atoms with Crippen LogP contribution >= 0.6 is 12.4 Å². The maximum absolute atomic E-state index is 12.2. The zero-order valence-corrected chi connectivity index (χ0v) is 15.5. The van der Waals surface area contributed by atoms with Gasteiger partial charge in [0.2, 0.25) is 15.9 Å². The van der Waals surface area contributed by atoms with Crippen LogP contribution in [0, 0.1) is 5.92 Å². The van der Waals surface area contributed by atoms with Gasteiger partial charge in [-0.1, -0.05) is 13.8 Å². The van der Waals surface area contributed by atoms with Gasteiger partial charge in [0.05, 0.1) is 10.9 Å². The summed E-state index contributed by atoms with van der Waals surface area (Å²) in [5.74, 6) is 0.107. The lowest BCUT2D eigenvalue weighted by Crippen LogP contribution is -2.54. The molecular formula is C15H25ClN4O3S. The quantitative estimate of drug-likeness (QED) is 0.789. The first-order valence-corrected chi connectivity index (χ1v) is 9.17. The highest BCUT2D eigenvalue weighted by atomic mass is 35.5. The van der Waals surface area contributed by atoms with Gasteiger partial charge in [0.25, 0.3) is 0 Å². The Kier molecular flexibility index (Phi) is 7.03. The molecule has 9 heteroatoms. The third-order valence-corrected chi connectivity index (χ3v) is 5.05. The second-order valence-electron chi connectivity index (χ2n) is 6.12. The third-order valence-electron chi connectivity index (χ3n) is 4.13. The van der Waals surface area contributed by atoms with E-state index < -0.39 is 16.1 Å². The summed E-state index contributed by atoms with van der Waals surface area (Å²) >= 11 is 0. The van der Waals surface area contributed by atoms with Crippen LogP contribution in [-0.4, -0.2) is 51.4 Å². The van der Waals surface area contributed by atoms with Crippen molar-refractivity contribution in [2.75, 3.05) is 31.1 Å². The van der Waals surface area contributed by atoms with E-state index in [0.29, 0.717) is 26.2 Å². The second kappa shape index (κ2) is 8.15. The lowest BCUT2D eigenvalue weighted by atomic mass is 10.0. The summed E-state index contributed by atoms with van der Waals surface area (Å²) in [4.78, 5) is 16.2. The minimum Gasteiger partial charge on any atom is -0.368 e. The zero-order chi connectivity index (χ0) is 17.2. The summed E-state index contributed by atoms with van der Waals surface area (Å²) in [5.41, 5.74) is 6.83. The van der Waals surface area contributed by atoms with Gasteiger partial charge in [0.1, 0.15) is 0 Å². The Hall–Kier alpha value is -1.35. The average molecular weight is 377 g/mol. The van der Waals surface area contributed by atoms with Crippen molar-refractivity contribution in [3.05, 3.63) is 24.3 Å². The third kappa shape index (κ3) is 4.83. The van der Waals surface area contributed by atoms with Gasteiger partial charge in [0.15, 0.2) is 0 Å². The number of amides is 1. The van der Waals surface area contributed by atoms with Crippen molar-refractivity contribution < 1.29 is 13.2 Å². The van der Waals surface area contributed by atoms with Gasteiger partial charge >= 0.3 is 0 Å². The second-order valence-corrected chi connectivity index (χ2v) is 7.68. The fourth-order valence-electron chi connectivity index (χ4n) is 2.53. The first-order chi connectivity index (χ1) is 10.7. The van der Waals surface area contributed by atoms with Crippen LogP contribution in [0.2, 0.25) is 0 Å². The van der Waals surface area contributed by atoms with Gasteiger partial charge in [-0.15, -0.1) is 12.4 Å². The predicted molar refractivity (Wildman–Crippen MR) is 96.7 cm³/mol. The fraction of sp³-hybridized carbons (Fsp3) is 0.533. The molecule has 1 aliphatic heterocycles. The lowest BCUT2D eigenvalue weighted by molar-refractivity contribution is -0.133. The van der Waals surface area contributed by atoms with Crippen LogP contribution in [0.5, 0.6) is 0 Å². The standard InChI is InChI=1S/C15H24N4O3S.ClH/c1-11(2)14(16)15(20)19-9-7-18(8-10-19)12-3-5-13(6-4-12)23(17,21)22;/h3-6,11,14H,7-10,16H2,1-2H3,(H2,17,21,22);1H/t14-;/m0./s1. The van der Waals surface area contributed by atoms with Crippen LogP contribution in [0.3, 0.4) is 0 Å². The average Bonchev–Trinajstić information content (AvgIpc) is 2.53. The van der Waals surface area contributed by atoms with Crippen LogP contribution < -0.4 is 15.8 Å². The molecule has 1 heterocycles. The molecule has 0 spiro atoms. The molecule has 0 saturated carbocycles. The van der Waals surface area contributed by atoms with E-state index in [1.165, 1.54) is 12.1 Å². The molecule has 1 saturated heterocycles. The number of hydrogen-bond donors (Lipinski definition) is 2. The number of carbonyl (C=O) groups excluding carboxylic acids is 1. The molecular weight excluding hydrogens is 352 g/mol. The van der Waals surface area contributed by atoms with Crippen molar-refractivity contribution in [2.45, 2.75) is 24.8 Å². The highest BCUT2D eigenvalue weighted by Gasteiger charge is 2.27. The van der Waals surface area contributed by atoms with Crippen molar-refractivity contribution in [1.29, 1.82) is 0 Å². The van der Waals surface area contributed by atoms with Gasteiger partial charge in [-0.25, -0.2) is 13.6 Å². The molecule has 1 aliphatic rings. The van der Waals surface area contributed by atoms with Gasteiger partial charge in [-0.3, -0.25) is 4.79 Å².